The molecule has 0 saturated carbocycles. The van der Waals surface area contributed by atoms with Gasteiger partial charge >= 0.3 is 24.0 Å². The van der Waals surface area contributed by atoms with Crippen LogP contribution in [0, 0.1) is 16.0 Å². The van der Waals surface area contributed by atoms with E-state index in [0.29, 0.717) is 0 Å². The number of benzene rings is 1. The van der Waals surface area contributed by atoms with Crippen LogP contribution in [0.5, 0.6) is 0 Å². The van der Waals surface area contributed by atoms with Crippen LogP contribution in [0.4, 0.5) is 27.6 Å². The second-order valence-corrected chi connectivity index (χ2v) is 7.28. The molecule has 1 aliphatic heterocycles. The fourth-order valence-corrected chi connectivity index (χ4v) is 3.78. The Morgan fingerprint density at radius 2 is 1.76 bits per heavy atom. The highest BCUT2D eigenvalue weighted by Crippen LogP contribution is 2.53. The van der Waals surface area contributed by atoms with E-state index in [2.05, 4.69) is 4.74 Å². The second kappa shape index (κ2) is 9.52. The van der Waals surface area contributed by atoms with Crippen molar-refractivity contribution in [1.29, 1.82) is 0 Å². The molecule has 3 unspecified atom stereocenters. The first-order valence-electron chi connectivity index (χ1n) is 9.87. The van der Waals surface area contributed by atoms with E-state index in [1.807, 2.05) is 0 Å². The molecule has 1 heterocycles. The molecule has 0 saturated heterocycles. The van der Waals surface area contributed by atoms with Gasteiger partial charge in [0, 0.05) is 23.7 Å². The molecule has 1 aliphatic rings. The molecule has 2 rings (SSSR count). The minimum absolute atomic E-state index is 0.232. The summed E-state index contributed by atoms with van der Waals surface area (Å²) in [7, 11) is 0. The molecule has 1 aromatic rings. The molecule has 0 aliphatic carbocycles. The van der Waals surface area contributed by atoms with Crippen LogP contribution in [0.15, 0.2) is 35.5 Å². The Balaban J connectivity index is 2.95. The Kier molecular flexibility index (Phi) is 7.55. The highest BCUT2D eigenvalue weighted by Gasteiger charge is 2.76. The number of allylic oxidation sites excluding steroid dienone is 1. The highest BCUT2D eigenvalue weighted by molar-refractivity contribution is 5.93. The van der Waals surface area contributed by atoms with Gasteiger partial charge in [0.05, 0.1) is 23.7 Å². The summed E-state index contributed by atoms with van der Waals surface area (Å²) in [5.41, 5.74) is -6.53. The monoisotopic (exact) mass is 496 g/mol. The number of hydrogen-bond donors (Lipinski definition) is 2. The fourth-order valence-electron chi connectivity index (χ4n) is 3.78. The summed E-state index contributed by atoms with van der Waals surface area (Å²) in [5, 5.41) is 23.6. The number of alkyl halides is 5. The van der Waals surface area contributed by atoms with Gasteiger partial charge < -0.3 is 19.9 Å². The van der Waals surface area contributed by atoms with E-state index < -0.39 is 70.1 Å². The molecule has 14 heteroatoms. The minimum atomic E-state index is -6.34. The topological polar surface area (TPSA) is 128 Å². The van der Waals surface area contributed by atoms with Crippen molar-refractivity contribution in [1.82, 2.24) is 5.32 Å². The molecular weight excluding hydrogens is 475 g/mol. The van der Waals surface area contributed by atoms with Crippen molar-refractivity contribution in [2.24, 2.45) is 5.92 Å². The number of aliphatic hydroxyl groups is 1. The third-order valence-electron chi connectivity index (χ3n) is 5.19. The zero-order valence-corrected chi connectivity index (χ0v) is 18.1. The zero-order valence-electron chi connectivity index (χ0n) is 18.1. The highest BCUT2D eigenvalue weighted by atomic mass is 19.4. The number of nitro groups is 1. The van der Waals surface area contributed by atoms with Crippen LogP contribution in [0.3, 0.4) is 0 Å². The molecule has 3 atom stereocenters. The van der Waals surface area contributed by atoms with Crippen LogP contribution in [0.25, 0.3) is 0 Å². The third kappa shape index (κ3) is 4.54. The van der Waals surface area contributed by atoms with Gasteiger partial charge in [0.1, 0.15) is 5.92 Å². The summed E-state index contributed by atoms with van der Waals surface area (Å²) >= 11 is 0. The maximum atomic E-state index is 14.7. The molecule has 188 valence electrons. The van der Waals surface area contributed by atoms with Gasteiger partial charge in [0.2, 0.25) is 5.72 Å². The standard InChI is InChI=1S/C20H21F5N2O7/c1-4-33-16(28)13-10(3)26-18(30,19(21,22)20(23,24)25)15(17(29)34-5-2)14(13)11-7-6-8-12(9-11)27(31)32/h6-9,14-15,26,30H,4-5H2,1-3H3. The Morgan fingerprint density at radius 1 is 1.18 bits per heavy atom. The van der Waals surface area contributed by atoms with Gasteiger partial charge in [-0.3, -0.25) is 14.9 Å². The number of hydrogen-bond acceptors (Lipinski definition) is 8. The first-order chi connectivity index (χ1) is 15.6. The van der Waals surface area contributed by atoms with Crippen LogP contribution < -0.4 is 5.32 Å². The SMILES string of the molecule is CCOC(=O)C1=C(C)NC(O)(C(F)(F)C(F)(F)F)C(C(=O)OCC)C1c1cccc([N+](=O)[O-])c1. The Bertz CT molecular complexity index is 1010. The second-order valence-electron chi connectivity index (χ2n) is 7.28. The van der Waals surface area contributed by atoms with Gasteiger partial charge in [-0.15, -0.1) is 0 Å². The lowest BCUT2D eigenvalue weighted by Crippen LogP contribution is -2.72. The minimum Gasteiger partial charge on any atom is -0.466 e. The molecule has 0 spiro atoms. The normalized spacial score (nSPS) is 23.2. The van der Waals surface area contributed by atoms with Gasteiger partial charge in [-0.25, -0.2) is 4.79 Å². The van der Waals surface area contributed by atoms with Gasteiger partial charge in [-0.05, 0) is 26.3 Å². The van der Waals surface area contributed by atoms with Crippen LogP contribution in [-0.4, -0.2) is 53.0 Å². The number of esters is 2. The van der Waals surface area contributed by atoms with Gasteiger partial charge in [0.15, 0.2) is 0 Å². The van der Waals surface area contributed by atoms with Crippen LogP contribution in [-0.2, 0) is 19.1 Å². The Morgan fingerprint density at radius 3 is 2.26 bits per heavy atom. The molecule has 1 aromatic carbocycles. The number of non-ortho nitro benzene ring substituents is 1. The number of nitrogens with one attached hydrogen (secondary N) is 1. The van der Waals surface area contributed by atoms with Gasteiger partial charge in [0.25, 0.3) is 5.69 Å². The van der Waals surface area contributed by atoms with Crippen molar-refractivity contribution in [3.05, 3.63) is 51.2 Å². The van der Waals surface area contributed by atoms with Crippen molar-refractivity contribution in [2.75, 3.05) is 13.2 Å². The molecule has 0 fully saturated rings. The van der Waals surface area contributed by atoms with Gasteiger partial charge in [-0.1, -0.05) is 12.1 Å². The molecule has 2 N–H and O–H groups in total. The van der Waals surface area contributed by atoms with E-state index >= 15 is 0 Å². The lowest BCUT2D eigenvalue weighted by atomic mass is 9.69. The largest absolute Gasteiger partial charge is 0.466 e. The molecule has 34 heavy (non-hydrogen) atoms. The maximum Gasteiger partial charge on any atom is 0.458 e. The third-order valence-corrected chi connectivity index (χ3v) is 5.19. The summed E-state index contributed by atoms with van der Waals surface area (Å²) in [6.07, 6.45) is -6.34. The van der Waals surface area contributed by atoms with Crippen LogP contribution in [0.2, 0.25) is 0 Å². The van der Waals surface area contributed by atoms with Crippen molar-refractivity contribution in [3.8, 4) is 0 Å². The summed E-state index contributed by atoms with van der Waals surface area (Å²) < 4.78 is 79.1. The number of carbonyl (C=O) groups is 2. The summed E-state index contributed by atoms with van der Waals surface area (Å²) in [6.45, 7) is 2.86. The van der Waals surface area contributed by atoms with Crippen molar-refractivity contribution in [2.45, 2.75) is 44.5 Å². The molecule has 0 aromatic heterocycles. The molecule has 9 nitrogen and oxygen atoms in total. The Labute approximate surface area is 189 Å². The maximum absolute atomic E-state index is 14.7. The van der Waals surface area contributed by atoms with E-state index in [1.165, 1.54) is 13.8 Å². The quantitative estimate of drug-likeness (QED) is 0.255. The van der Waals surface area contributed by atoms with E-state index in [4.69, 9.17) is 4.74 Å². The number of rotatable bonds is 7. The van der Waals surface area contributed by atoms with Crippen molar-refractivity contribution < 1.29 is 51.0 Å². The van der Waals surface area contributed by atoms with Crippen LogP contribution >= 0.6 is 0 Å². The lowest BCUT2D eigenvalue weighted by Gasteiger charge is -2.48. The summed E-state index contributed by atoms with van der Waals surface area (Å²) in [4.78, 5) is 35.8. The summed E-state index contributed by atoms with van der Waals surface area (Å²) in [6, 6.07) is 3.95. The predicted molar refractivity (Wildman–Crippen MR) is 104 cm³/mol. The fraction of sp³-hybridized carbons (Fsp3) is 0.500. The van der Waals surface area contributed by atoms with E-state index in [1.54, 1.807) is 5.32 Å². The average Bonchev–Trinajstić information content (AvgIpc) is 2.72. The van der Waals surface area contributed by atoms with E-state index in [0.717, 1.165) is 31.2 Å². The molecule has 0 amide bonds. The molecule has 0 radical (unpaired) electrons. The van der Waals surface area contributed by atoms with Crippen LogP contribution in [0.1, 0.15) is 32.3 Å². The van der Waals surface area contributed by atoms with E-state index in [9.17, 15) is 46.8 Å². The average molecular weight is 496 g/mol. The number of nitro benzene ring substituents is 1. The van der Waals surface area contributed by atoms with Crippen molar-refractivity contribution >= 4 is 17.6 Å². The first-order valence-corrected chi connectivity index (χ1v) is 9.87. The number of halogens is 5. The van der Waals surface area contributed by atoms with E-state index in [-0.39, 0.29) is 12.2 Å². The smallest absolute Gasteiger partial charge is 0.458 e. The predicted octanol–water partition coefficient (Wildman–Crippen LogP) is 3.18. The molecular formula is C20H21F5N2O7. The summed E-state index contributed by atoms with van der Waals surface area (Å²) in [5.74, 6) is -13.6. The zero-order chi connectivity index (χ0) is 26.1. The number of nitrogens with zero attached hydrogens (tertiary/aromatic N) is 1. The lowest BCUT2D eigenvalue weighted by molar-refractivity contribution is -0.385. The van der Waals surface area contributed by atoms with Gasteiger partial charge in [-0.2, -0.15) is 22.0 Å². The number of ether oxygens (including phenoxy) is 2. The molecule has 0 bridgehead atoms. The number of carbonyl (C=O) groups excluding carboxylic acids is 2. The van der Waals surface area contributed by atoms with Crippen molar-refractivity contribution in [3.63, 3.8) is 0 Å². The Hall–Kier alpha value is -3.29. The first kappa shape index (κ1) is 27.0.